The molecule has 3 heterocycles. The third kappa shape index (κ3) is 3.58. The molecule has 0 spiro atoms. The number of morpholine rings is 1. The number of amides is 1. The highest BCUT2D eigenvalue weighted by Gasteiger charge is 2.53. The fraction of sp³-hybridized carbons (Fsp3) is 0.708. The number of nitrogens with zero attached hydrogens (tertiary/aromatic N) is 2. The molecule has 3 aliphatic heterocycles. The molecule has 31 heavy (non-hydrogen) atoms. The molecule has 4 nitrogen and oxygen atoms in total. The zero-order chi connectivity index (χ0) is 22.0. The predicted molar refractivity (Wildman–Crippen MR) is 110 cm³/mol. The minimum Gasteiger partial charge on any atom is -0.375 e. The SMILES string of the molecule is CC(C)C1(C(=O)N2CCc3ccc(C(F)(F)F)cc3C2)CCC(N2C[C@H]3C[C@@H]2CO3)C1. The summed E-state index contributed by atoms with van der Waals surface area (Å²) in [4.78, 5) is 18.2. The van der Waals surface area contributed by atoms with Crippen LogP contribution < -0.4 is 0 Å². The highest BCUT2D eigenvalue weighted by Crippen LogP contribution is 2.49. The summed E-state index contributed by atoms with van der Waals surface area (Å²) in [6, 6.07) is 4.85. The van der Waals surface area contributed by atoms with E-state index in [0.717, 1.165) is 50.5 Å². The summed E-state index contributed by atoms with van der Waals surface area (Å²) in [6.07, 6.45) is 0.408. The van der Waals surface area contributed by atoms with Crippen molar-refractivity contribution in [2.75, 3.05) is 19.7 Å². The van der Waals surface area contributed by atoms with Crippen molar-refractivity contribution in [3.05, 3.63) is 34.9 Å². The number of carbonyl (C=O) groups is 1. The van der Waals surface area contributed by atoms with Gasteiger partial charge in [0, 0.05) is 31.7 Å². The Hall–Kier alpha value is -1.60. The van der Waals surface area contributed by atoms with Gasteiger partial charge in [-0.05, 0) is 61.3 Å². The maximum absolute atomic E-state index is 13.8. The van der Waals surface area contributed by atoms with Gasteiger partial charge in [0.2, 0.25) is 5.91 Å². The summed E-state index contributed by atoms with van der Waals surface area (Å²) >= 11 is 0. The Bertz CT molecular complexity index is 871. The third-order valence-electron chi connectivity index (χ3n) is 8.30. The van der Waals surface area contributed by atoms with E-state index in [9.17, 15) is 18.0 Å². The van der Waals surface area contributed by atoms with Crippen LogP contribution in [0.4, 0.5) is 13.2 Å². The summed E-state index contributed by atoms with van der Waals surface area (Å²) in [5.74, 6) is 0.331. The molecule has 1 amide bonds. The molecule has 1 aromatic rings. The summed E-state index contributed by atoms with van der Waals surface area (Å²) in [5, 5.41) is 0. The fourth-order valence-corrected chi connectivity index (χ4v) is 6.40. The van der Waals surface area contributed by atoms with Crippen molar-refractivity contribution in [3.63, 3.8) is 0 Å². The minimum atomic E-state index is -4.36. The molecule has 1 aliphatic carbocycles. The van der Waals surface area contributed by atoms with Gasteiger partial charge < -0.3 is 9.64 Å². The van der Waals surface area contributed by atoms with Gasteiger partial charge >= 0.3 is 6.18 Å². The van der Waals surface area contributed by atoms with Crippen LogP contribution in [0.5, 0.6) is 0 Å². The lowest BCUT2D eigenvalue weighted by atomic mass is 9.73. The van der Waals surface area contributed by atoms with Crippen molar-refractivity contribution in [1.29, 1.82) is 0 Å². The third-order valence-corrected chi connectivity index (χ3v) is 8.30. The number of hydrogen-bond donors (Lipinski definition) is 0. The maximum Gasteiger partial charge on any atom is 0.416 e. The van der Waals surface area contributed by atoms with Gasteiger partial charge in [-0.2, -0.15) is 13.2 Å². The first-order chi connectivity index (χ1) is 14.7. The van der Waals surface area contributed by atoms with Gasteiger partial charge in [0.05, 0.1) is 23.7 Å². The molecule has 4 aliphatic rings. The molecule has 2 unspecified atom stereocenters. The Morgan fingerprint density at radius 3 is 2.68 bits per heavy atom. The van der Waals surface area contributed by atoms with E-state index in [1.165, 1.54) is 6.07 Å². The average molecular weight is 437 g/mol. The van der Waals surface area contributed by atoms with Crippen molar-refractivity contribution < 1.29 is 22.7 Å². The van der Waals surface area contributed by atoms with Crippen LogP contribution in [0.1, 0.15) is 56.2 Å². The van der Waals surface area contributed by atoms with Crippen LogP contribution in [0.25, 0.3) is 0 Å². The monoisotopic (exact) mass is 436 g/mol. The lowest BCUT2D eigenvalue weighted by Crippen LogP contribution is -2.49. The van der Waals surface area contributed by atoms with E-state index in [2.05, 4.69) is 18.7 Å². The van der Waals surface area contributed by atoms with E-state index < -0.39 is 17.2 Å². The van der Waals surface area contributed by atoms with Crippen molar-refractivity contribution in [1.82, 2.24) is 9.80 Å². The first-order valence-corrected chi connectivity index (χ1v) is 11.5. The van der Waals surface area contributed by atoms with E-state index in [-0.39, 0.29) is 18.4 Å². The Morgan fingerprint density at radius 1 is 1.23 bits per heavy atom. The topological polar surface area (TPSA) is 32.8 Å². The van der Waals surface area contributed by atoms with Gasteiger partial charge in [-0.1, -0.05) is 19.9 Å². The molecular formula is C24H31F3N2O2. The van der Waals surface area contributed by atoms with Gasteiger partial charge in [-0.15, -0.1) is 0 Å². The minimum absolute atomic E-state index is 0.133. The molecule has 4 atom stereocenters. The van der Waals surface area contributed by atoms with Crippen LogP contribution in [-0.4, -0.2) is 53.6 Å². The fourth-order valence-electron chi connectivity index (χ4n) is 6.40. The molecule has 170 valence electrons. The van der Waals surface area contributed by atoms with Crippen molar-refractivity contribution in [3.8, 4) is 0 Å². The zero-order valence-electron chi connectivity index (χ0n) is 18.3. The lowest BCUT2D eigenvalue weighted by Gasteiger charge is -2.40. The molecule has 0 aromatic heterocycles. The van der Waals surface area contributed by atoms with Crippen LogP contribution in [0.2, 0.25) is 0 Å². The second-order valence-electron chi connectivity index (χ2n) is 10.2. The second-order valence-corrected chi connectivity index (χ2v) is 10.2. The van der Waals surface area contributed by atoms with Crippen molar-refractivity contribution in [2.45, 2.75) is 76.9 Å². The van der Waals surface area contributed by atoms with Crippen molar-refractivity contribution >= 4 is 5.91 Å². The molecule has 1 aromatic carbocycles. The van der Waals surface area contributed by atoms with Gasteiger partial charge in [0.1, 0.15) is 0 Å². The van der Waals surface area contributed by atoms with Gasteiger partial charge in [0.25, 0.3) is 0 Å². The first kappa shape index (κ1) is 21.3. The average Bonchev–Trinajstić information content (AvgIpc) is 3.47. The van der Waals surface area contributed by atoms with Crippen molar-refractivity contribution in [2.24, 2.45) is 11.3 Å². The quantitative estimate of drug-likeness (QED) is 0.710. The highest BCUT2D eigenvalue weighted by molar-refractivity contribution is 5.84. The standard InChI is InChI=1S/C24H31F3N2O2/c1-15(2)23(7-5-19(11-23)29-13-21-10-20(29)14-31-21)22(30)28-8-6-16-3-4-18(24(25,26)27)9-17(16)12-28/h3-4,9,15,19-21H,5-8,10-14H2,1-2H3/t19?,20-,21-,23?/m1/s1. The molecule has 7 heteroatoms. The van der Waals surface area contributed by atoms with Gasteiger partial charge in [-0.3, -0.25) is 9.69 Å². The van der Waals surface area contributed by atoms with Crippen LogP contribution in [0.15, 0.2) is 18.2 Å². The Labute approximate surface area is 181 Å². The van der Waals surface area contributed by atoms with Crippen LogP contribution >= 0.6 is 0 Å². The number of fused-ring (bicyclic) bond motifs is 3. The van der Waals surface area contributed by atoms with Crippen LogP contribution in [-0.2, 0) is 28.7 Å². The van der Waals surface area contributed by atoms with E-state index in [0.29, 0.717) is 36.7 Å². The van der Waals surface area contributed by atoms with Crippen LogP contribution in [0.3, 0.4) is 0 Å². The number of hydrogen-bond acceptors (Lipinski definition) is 3. The summed E-state index contributed by atoms with van der Waals surface area (Å²) in [7, 11) is 0. The molecular weight excluding hydrogens is 405 g/mol. The molecule has 2 saturated heterocycles. The molecule has 3 fully saturated rings. The van der Waals surface area contributed by atoms with E-state index in [4.69, 9.17) is 4.74 Å². The molecule has 0 radical (unpaired) electrons. The maximum atomic E-state index is 13.8. The predicted octanol–water partition coefficient (Wildman–Crippen LogP) is 4.26. The molecule has 0 N–H and O–H groups in total. The number of halogens is 3. The van der Waals surface area contributed by atoms with Gasteiger partial charge in [-0.25, -0.2) is 0 Å². The highest BCUT2D eigenvalue weighted by atomic mass is 19.4. The Kier molecular flexibility index (Phi) is 5.13. The smallest absolute Gasteiger partial charge is 0.375 e. The molecule has 5 rings (SSSR count). The largest absolute Gasteiger partial charge is 0.416 e. The number of benzene rings is 1. The number of rotatable bonds is 3. The van der Waals surface area contributed by atoms with Crippen LogP contribution in [0, 0.1) is 11.3 Å². The zero-order valence-corrected chi connectivity index (χ0v) is 18.3. The normalized spacial score (nSPS) is 33.4. The summed E-state index contributed by atoms with van der Waals surface area (Å²) in [5.41, 5.74) is 0.503. The van der Waals surface area contributed by atoms with Gasteiger partial charge in [0.15, 0.2) is 0 Å². The Morgan fingerprint density at radius 2 is 2.03 bits per heavy atom. The number of carbonyl (C=O) groups excluding carboxylic acids is 1. The first-order valence-electron chi connectivity index (χ1n) is 11.5. The molecule has 1 saturated carbocycles. The number of likely N-dealkylation sites (tertiary alicyclic amines) is 1. The lowest BCUT2D eigenvalue weighted by molar-refractivity contribution is -0.146. The van der Waals surface area contributed by atoms with E-state index >= 15 is 0 Å². The summed E-state index contributed by atoms with van der Waals surface area (Å²) < 4.78 is 45.3. The Balaban J connectivity index is 1.35. The number of ether oxygens (including phenoxy) is 1. The van der Waals surface area contributed by atoms with E-state index in [1.807, 2.05) is 4.90 Å². The van der Waals surface area contributed by atoms with E-state index in [1.54, 1.807) is 6.07 Å². The number of alkyl halides is 3. The summed E-state index contributed by atoms with van der Waals surface area (Å²) in [6.45, 7) is 6.87. The molecule has 2 bridgehead atoms. The second kappa shape index (κ2) is 7.48.